The molecule has 3 aromatic heterocycles. The molecule has 4 N–H and O–H groups in total. The summed E-state index contributed by atoms with van der Waals surface area (Å²) < 4.78 is 45.0. The third-order valence-corrected chi connectivity index (χ3v) is 25.7. The number of ether oxygens (including phenoxy) is 2. The number of aromatic amines is 1. The Hall–Kier alpha value is -2.10. The largest absolute Gasteiger partial charge is 1.00 e. The van der Waals surface area contributed by atoms with Gasteiger partial charge in [-0.2, -0.15) is 5.10 Å². The predicted octanol–water partition coefficient (Wildman–Crippen LogP) is 9.08. The number of hydrogen-bond donors (Lipinski definition) is 4. The van der Waals surface area contributed by atoms with Crippen LogP contribution in [0.2, 0.25) is 19.0 Å². The molecule has 3 aliphatic heterocycles. The first-order valence-corrected chi connectivity index (χ1v) is 38.6. The van der Waals surface area contributed by atoms with Crippen LogP contribution in [0.4, 0.5) is 0 Å². The van der Waals surface area contributed by atoms with Crippen molar-refractivity contribution in [2.45, 2.75) is 221 Å². The van der Waals surface area contributed by atoms with Crippen molar-refractivity contribution in [2.24, 2.45) is 34.5 Å². The van der Waals surface area contributed by atoms with Crippen LogP contribution in [0.3, 0.4) is 0 Å². The number of H-pyrrole nitrogens is 1. The Balaban J connectivity index is 0.000000180. The second kappa shape index (κ2) is 32.5. The van der Waals surface area contributed by atoms with E-state index in [-0.39, 0.29) is 126 Å². The number of aromatic nitrogens is 6. The summed E-state index contributed by atoms with van der Waals surface area (Å²) in [6.45, 7) is 26.5. The summed E-state index contributed by atoms with van der Waals surface area (Å²) in [5, 5.41) is 51.3. The van der Waals surface area contributed by atoms with E-state index in [2.05, 4.69) is 118 Å². The van der Waals surface area contributed by atoms with E-state index in [4.69, 9.17) is 32.7 Å². The summed E-state index contributed by atoms with van der Waals surface area (Å²) in [5.41, 5.74) is 13.0. The van der Waals surface area contributed by atoms with Gasteiger partial charge in [-0.3, -0.25) is 5.10 Å². The zero-order valence-corrected chi connectivity index (χ0v) is 69.1. The Morgan fingerprint density at radius 2 is 1.12 bits per heavy atom. The molecule has 8 atom stereocenters. The standard InChI is InChI=1S/C27H37BN2O4S2.C25H36BBrO4.C12H12BN2O5S2.C2H2N2S2.2Na/c1-16-17(10-11-28-33-21-13-19-12-20(26(19,5)6)27(21,7)34-28)8-9-18(14-35-24-30-29-15-36-24)22(16)23(31)32-25(2,3)4;1-15-16(8-9-17(14-27)21(15)22(28)29-23(2,3)4)10-11-26-30-20-13-18-12-19(24(18,5)6)25(20,7)31-26;16-11(17)9-8(5-21-12-15-14-6-22-12)2-1-7-3-4-13(18,19)20-10(7)9;5-2-4-3-1-6-2;;/h8-9,15,19-21H,10-14H2,1-7H3;8-9,18-20H,10-14H2,1-7H3;1-2,6,18-19H,3-5H2,(H,16,17);1H,(H,4,5);;/q;;-1;;2*+1/t19?,20?,21?,27-;18?,19?,20?,25-;;;;/m00..../s1. The molecule has 9 aliphatic rings. The SMILES string of the molecule is Cc1c(CCB2OC3CC4CC(C4(C)C)[C@]3(C)O2)ccc(CBr)c1C(=O)OC(C)(C)C.Cc1c(CCB2OC3CC4CC(C4(C)C)[C@]3(C)O2)ccc(CSc2nncs2)c1C(=O)OC(C)(C)C.O=C(O)c1c(CSc2nncs2)ccc2c1O[B-](O)(O)CC2.S=c1[nH]ncs1.[Na+].[Na+]. The van der Waals surface area contributed by atoms with Crippen molar-refractivity contribution in [1.82, 2.24) is 30.6 Å². The third-order valence-electron chi connectivity index (χ3n) is 20.4. The number of alkyl halides is 1. The molecule has 0 amide bonds. The molecule has 512 valence electrons. The number of hydrogen-bond acceptors (Lipinski definition) is 23. The molecular formula is C66H87B3BrN6Na2O13S6+. The van der Waals surface area contributed by atoms with Gasteiger partial charge in [-0.15, -0.1) is 20.4 Å². The van der Waals surface area contributed by atoms with Crippen LogP contribution in [0.5, 0.6) is 5.75 Å². The maximum Gasteiger partial charge on any atom is 1.00 e. The molecule has 6 heterocycles. The van der Waals surface area contributed by atoms with Gasteiger partial charge < -0.3 is 47.9 Å². The number of carboxylic acid groups (broad SMARTS) is 1. The summed E-state index contributed by atoms with van der Waals surface area (Å²) in [6.07, 6.45) is 8.73. The van der Waals surface area contributed by atoms with Crippen molar-refractivity contribution in [3.05, 3.63) is 118 Å². The number of benzene rings is 3. The molecule has 6 unspecified atom stereocenters. The maximum atomic E-state index is 13.3. The van der Waals surface area contributed by atoms with Gasteiger partial charge >= 0.3 is 98.0 Å². The Morgan fingerprint density at radius 1 is 0.680 bits per heavy atom. The zero-order valence-electron chi connectivity index (χ0n) is 58.6. The Labute approximate surface area is 649 Å². The summed E-state index contributed by atoms with van der Waals surface area (Å²) in [4.78, 5) is 37.8. The van der Waals surface area contributed by atoms with Crippen molar-refractivity contribution in [3.63, 3.8) is 0 Å². The molecule has 8 fully saturated rings. The fraction of sp³-hybridized carbons (Fsp3) is 0.591. The number of nitrogens with zero attached hydrogens (tertiary/aromatic N) is 5. The van der Waals surface area contributed by atoms with E-state index in [9.17, 15) is 29.5 Å². The number of fused-ring (bicyclic) bond motifs is 1. The normalized spacial score (nSPS) is 24.7. The number of carboxylic acids is 1. The third kappa shape index (κ3) is 18.5. The van der Waals surface area contributed by atoms with Crippen molar-refractivity contribution < 1.29 is 121 Å². The van der Waals surface area contributed by atoms with Gasteiger partial charge in [-0.1, -0.05) is 144 Å². The molecule has 3 aromatic carbocycles. The summed E-state index contributed by atoms with van der Waals surface area (Å²) in [7, 11) is -0.377. The Morgan fingerprint density at radius 3 is 1.52 bits per heavy atom. The first-order valence-electron chi connectivity index (χ1n) is 32.5. The van der Waals surface area contributed by atoms with Crippen LogP contribution in [0.25, 0.3) is 0 Å². The summed E-state index contributed by atoms with van der Waals surface area (Å²) in [6, 6.07) is 11.9. The van der Waals surface area contributed by atoms with Gasteiger partial charge in [-0.25, -0.2) is 14.4 Å². The van der Waals surface area contributed by atoms with Gasteiger partial charge in [-0.05, 0) is 218 Å². The van der Waals surface area contributed by atoms with Crippen LogP contribution in [-0.4, -0.2) is 119 Å². The van der Waals surface area contributed by atoms with E-state index in [0.29, 0.717) is 68.2 Å². The van der Waals surface area contributed by atoms with Crippen LogP contribution < -0.4 is 63.8 Å². The van der Waals surface area contributed by atoms with Crippen molar-refractivity contribution in [3.8, 4) is 5.75 Å². The van der Waals surface area contributed by atoms with Gasteiger partial charge in [0.05, 0.1) is 40.3 Å². The Kier molecular flexibility index (Phi) is 27.0. The second-order valence-corrected chi connectivity index (χ2v) is 35.6. The second-order valence-electron chi connectivity index (χ2n) is 29.4. The van der Waals surface area contributed by atoms with E-state index in [1.54, 1.807) is 40.4 Å². The van der Waals surface area contributed by atoms with Gasteiger partial charge in [0, 0.05) is 16.8 Å². The number of halogens is 1. The quantitative estimate of drug-likeness (QED) is 0.0232. The minimum atomic E-state index is -3.00. The topological polar surface area (TPSA) is 257 Å². The van der Waals surface area contributed by atoms with Crippen LogP contribution in [0.1, 0.15) is 184 Å². The summed E-state index contributed by atoms with van der Waals surface area (Å²) >= 11 is 15.4. The van der Waals surface area contributed by atoms with Crippen LogP contribution in [-0.2, 0) is 64.2 Å². The molecule has 0 spiro atoms. The van der Waals surface area contributed by atoms with Crippen LogP contribution in [0.15, 0.2) is 61.6 Å². The van der Waals surface area contributed by atoms with Crippen LogP contribution in [0, 0.1) is 52.3 Å². The first-order chi connectivity index (χ1) is 44.6. The zero-order chi connectivity index (χ0) is 68.8. The molecular weight excluding hydrogens is 1440 g/mol. The van der Waals surface area contributed by atoms with E-state index in [0.717, 1.165) is 96.2 Å². The average molecular weight is 1520 g/mol. The Bertz CT molecular complexity index is 3790. The van der Waals surface area contributed by atoms with E-state index >= 15 is 0 Å². The van der Waals surface area contributed by atoms with Gasteiger partial charge in [0.1, 0.15) is 33.3 Å². The molecule has 4 bridgehead atoms. The molecule has 97 heavy (non-hydrogen) atoms. The summed E-state index contributed by atoms with van der Waals surface area (Å²) in [5.74, 6) is 2.02. The molecule has 6 aromatic rings. The number of aromatic carboxylic acids is 1. The number of aryl methyl sites for hydroxylation is 3. The predicted molar refractivity (Wildman–Crippen MR) is 382 cm³/mol. The average Bonchev–Trinajstić information content (AvgIpc) is 1.66. The van der Waals surface area contributed by atoms with Crippen molar-refractivity contribution >= 4 is 125 Å². The van der Waals surface area contributed by atoms with Gasteiger partial charge in [0.15, 0.2) is 12.6 Å². The number of thioether (sulfide) groups is 2. The minimum absolute atomic E-state index is 0. The molecule has 15 rings (SSSR count). The molecule has 6 aliphatic carbocycles. The maximum absolute atomic E-state index is 13.3. The fourth-order valence-electron chi connectivity index (χ4n) is 15.2. The fourth-order valence-corrected chi connectivity index (χ4v) is 19.1. The smallest absolute Gasteiger partial charge is 0.669 e. The minimum Gasteiger partial charge on any atom is -0.669 e. The number of rotatable bonds is 16. The number of esters is 2. The number of carbonyl (C=O) groups is 3. The number of carbonyl (C=O) groups excluding carboxylic acids is 2. The van der Waals surface area contributed by atoms with Gasteiger partial charge in [0.2, 0.25) is 0 Å². The molecule has 19 nitrogen and oxygen atoms in total. The molecule has 31 heteroatoms. The van der Waals surface area contributed by atoms with E-state index < -0.39 is 23.9 Å². The monoisotopic (exact) mass is 1520 g/mol. The molecule has 2 saturated heterocycles. The van der Waals surface area contributed by atoms with Gasteiger partial charge in [0.25, 0.3) is 0 Å². The first kappa shape index (κ1) is 80.6. The van der Waals surface area contributed by atoms with Crippen molar-refractivity contribution in [1.29, 1.82) is 0 Å². The van der Waals surface area contributed by atoms with Crippen LogP contribution >= 0.6 is 85.7 Å². The van der Waals surface area contributed by atoms with E-state index in [1.165, 1.54) is 58.6 Å². The molecule has 6 saturated carbocycles. The van der Waals surface area contributed by atoms with E-state index in [1.807, 2.05) is 61.5 Å². The number of nitrogens with one attached hydrogen (secondary N) is 1. The molecule has 0 radical (unpaired) electrons. The van der Waals surface area contributed by atoms with Crippen molar-refractivity contribution in [2.75, 3.05) is 0 Å².